The minimum atomic E-state index is -2.53. The molecule has 2 nitrogen and oxygen atoms in total. The first-order chi connectivity index (χ1) is 6.07. The molecule has 13 heavy (non-hydrogen) atoms. The maximum Gasteiger partial charge on any atom is 0.266 e. The van der Waals surface area contributed by atoms with Gasteiger partial charge < -0.3 is 4.74 Å². The van der Waals surface area contributed by atoms with Crippen LogP contribution in [0.5, 0.6) is 5.75 Å². The van der Waals surface area contributed by atoms with E-state index >= 15 is 0 Å². The van der Waals surface area contributed by atoms with E-state index in [0.717, 1.165) is 6.20 Å². The van der Waals surface area contributed by atoms with Crippen LogP contribution in [-0.4, -0.2) is 12.1 Å². The molecule has 0 aromatic carbocycles. The first kappa shape index (κ1) is 11.1. The van der Waals surface area contributed by atoms with Crippen LogP contribution in [-0.2, 0) is 0 Å². The van der Waals surface area contributed by atoms with Crippen molar-refractivity contribution in [1.82, 2.24) is 4.98 Å². The van der Waals surface area contributed by atoms with Crippen LogP contribution >= 0.6 is 38.5 Å². The first-order valence-corrected chi connectivity index (χ1v) is 5.11. The van der Waals surface area contributed by atoms with Crippen molar-refractivity contribution in [3.63, 3.8) is 0 Å². The van der Waals surface area contributed by atoms with Gasteiger partial charge >= 0.3 is 0 Å². The molecule has 1 heterocycles. The summed E-state index contributed by atoms with van der Waals surface area (Å²) in [6.07, 6.45) is -1.39. The zero-order valence-electron chi connectivity index (χ0n) is 6.52. The Labute approximate surface area is 96.0 Å². The van der Waals surface area contributed by atoms with Crippen molar-refractivity contribution in [1.29, 1.82) is 0 Å². The molecule has 1 rings (SSSR count). The normalized spacial score (nSPS) is 10.6. The molecule has 0 aliphatic carbocycles. The van der Waals surface area contributed by atoms with Crippen LogP contribution in [0.4, 0.5) is 8.78 Å². The van der Waals surface area contributed by atoms with Gasteiger partial charge in [0.25, 0.3) is 6.43 Å². The highest BCUT2D eigenvalue weighted by molar-refractivity contribution is 14.1. The monoisotopic (exact) mass is 363 g/mol. The smallest absolute Gasteiger partial charge is 0.266 e. The fraction of sp³-hybridized carbons (Fsp3) is 0.286. The third kappa shape index (κ3) is 2.28. The van der Waals surface area contributed by atoms with Crippen LogP contribution in [0.3, 0.4) is 0 Å². The van der Waals surface area contributed by atoms with Gasteiger partial charge in [0.2, 0.25) is 0 Å². The molecule has 0 saturated carbocycles. The number of hydrogen-bond acceptors (Lipinski definition) is 2. The molecule has 0 fully saturated rings. The molecule has 0 amide bonds. The predicted octanol–water partition coefficient (Wildman–Crippen LogP) is 3.39. The number of pyridine rings is 1. The molecule has 6 heteroatoms. The lowest BCUT2D eigenvalue weighted by Gasteiger charge is -2.08. The van der Waals surface area contributed by atoms with E-state index in [1.165, 1.54) is 7.11 Å². The van der Waals surface area contributed by atoms with Crippen molar-refractivity contribution < 1.29 is 13.5 Å². The van der Waals surface area contributed by atoms with Crippen LogP contribution in [0.1, 0.15) is 12.0 Å². The lowest BCUT2D eigenvalue weighted by Crippen LogP contribution is -1.97. The molecule has 0 bridgehead atoms. The Kier molecular flexibility index (Phi) is 3.84. The number of nitrogens with zero attached hydrogens (tertiary/aromatic N) is 1. The summed E-state index contributed by atoms with van der Waals surface area (Å²) in [5.74, 6) is 0.346. The Balaban J connectivity index is 3.27. The van der Waals surface area contributed by atoms with Crippen LogP contribution in [0, 0.1) is 3.57 Å². The maximum absolute atomic E-state index is 12.4. The highest BCUT2D eigenvalue weighted by Gasteiger charge is 2.17. The molecule has 72 valence electrons. The molecule has 0 unspecified atom stereocenters. The Morgan fingerprint density at radius 1 is 1.62 bits per heavy atom. The number of halogens is 4. The molecule has 0 N–H and O–H groups in total. The lowest BCUT2D eigenvalue weighted by atomic mass is 10.3. The van der Waals surface area contributed by atoms with E-state index in [2.05, 4.69) is 20.9 Å². The minimum absolute atomic E-state index is 0.111. The second kappa shape index (κ2) is 4.50. The predicted molar refractivity (Wildman–Crippen MR) is 56.2 cm³/mol. The number of methoxy groups -OCH3 is 1. The van der Waals surface area contributed by atoms with E-state index in [4.69, 9.17) is 4.74 Å². The first-order valence-electron chi connectivity index (χ1n) is 3.24. The number of alkyl halides is 2. The van der Waals surface area contributed by atoms with Crippen molar-refractivity contribution in [2.24, 2.45) is 0 Å². The molecular weight excluding hydrogens is 359 g/mol. The van der Waals surface area contributed by atoms with Gasteiger partial charge in [0.05, 0.1) is 16.2 Å². The van der Waals surface area contributed by atoms with Gasteiger partial charge in [0.1, 0.15) is 4.60 Å². The summed E-state index contributed by atoms with van der Waals surface area (Å²) in [5, 5.41) is 0. The number of ether oxygens (including phenoxy) is 1. The SMILES string of the molecule is COc1c(Br)ncc(C(F)F)c1I. The Bertz CT molecular complexity index is 322. The van der Waals surface area contributed by atoms with Crippen LogP contribution in [0.15, 0.2) is 10.8 Å². The summed E-state index contributed by atoms with van der Waals surface area (Å²) in [6.45, 7) is 0. The minimum Gasteiger partial charge on any atom is -0.493 e. The van der Waals surface area contributed by atoms with Crippen molar-refractivity contribution >= 4 is 38.5 Å². The van der Waals surface area contributed by atoms with Crippen LogP contribution < -0.4 is 4.74 Å². The summed E-state index contributed by atoms with van der Waals surface area (Å²) in [6, 6.07) is 0. The van der Waals surface area contributed by atoms with Gasteiger partial charge in [-0.2, -0.15) is 0 Å². The molecule has 0 saturated heterocycles. The van der Waals surface area contributed by atoms with Gasteiger partial charge in [-0.25, -0.2) is 13.8 Å². The Morgan fingerprint density at radius 3 is 2.69 bits per heavy atom. The van der Waals surface area contributed by atoms with Crippen LogP contribution in [0.2, 0.25) is 0 Å². The summed E-state index contributed by atoms with van der Waals surface area (Å²) < 4.78 is 30.5. The zero-order valence-corrected chi connectivity index (χ0v) is 10.3. The molecular formula is C7H5BrF2INO. The zero-order chi connectivity index (χ0) is 10.0. The van der Waals surface area contributed by atoms with E-state index in [0.29, 0.717) is 13.9 Å². The summed E-state index contributed by atoms with van der Waals surface area (Å²) in [5.41, 5.74) is -0.111. The van der Waals surface area contributed by atoms with Crippen molar-refractivity contribution in [2.45, 2.75) is 6.43 Å². The molecule has 1 aromatic heterocycles. The molecule has 0 atom stereocenters. The highest BCUT2D eigenvalue weighted by Crippen LogP contribution is 2.34. The van der Waals surface area contributed by atoms with Crippen molar-refractivity contribution in [3.05, 3.63) is 19.9 Å². The summed E-state index contributed by atoms with van der Waals surface area (Å²) >= 11 is 4.91. The molecule has 1 aromatic rings. The Hall–Kier alpha value is 0.0200. The lowest BCUT2D eigenvalue weighted by molar-refractivity contribution is 0.149. The fourth-order valence-electron chi connectivity index (χ4n) is 0.789. The third-order valence-corrected chi connectivity index (χ3v) is 3.07. The standard InChI is InChI=1S/C7H5BrF2INO/c1-13-5-4(11)3(7(9)10)2-12-6(5)8/h2,7H,1H3. The van der Waals surface area contributed by atoms with E-state index in [1.807, 2.05) is 0 Å². The fourth-order valence-corrected chi connectivity index (χ4v) is 2.47. The van der Waals surface area contributed by atoms with Crippen molar-refractivity contribution in [3.8, 4) is 5.75 Å². The largest absolute Gasteiger partial charge is 0.493 e. The molecule has 0 radical (unpaired) electrons. The quantitative estimate of drug-likeness (QED) is 0.593. The van der Waals surface area contributed by atoms with Gasteiger partial charge in [0, 0.05) is 6.20 Å². The second-order valence-corrected chi connectivity index (χ2v) is 3.98. The Morgan fingerprint density at radius 2 is 2.23 bits per heavy atom. The second-order valence-electron chi connectivity index (χ2n) is 2.15. The highest BCUT2D eigenvalue weighted by atomic mass is 127. The van der Waals surface area contributed by atoms with E-state index < -0.39 is 6.43 Å². The molecule has 0 aliphatic rings. The van der Waals surface area contributed by atoms with Gasteiger partial charge in [-0.15, -0.1) is 0 Å². The third-order valence-electron chi connectivity index (χ3n) is 1.40. The van der Waals surface area contributed by atoms with Gasteiger partial charge in [-0.05, 0) is 38.5 Å². The van der Waals surface area contributed by atoms with E-state index in [1.54, 1.807) is 22.6 Å². The van der Waals surface area contributed by atoms with Crippen molar-refractivity contribution in [2.75, 3.05) is 7.11 Å². The van der Waals surface area contributed by atoms with E-state index in [9.17, 15) is 8.78 Å². The average Bonchev–Trinajstić information content (AvgIpc) is 2.04. The number of rotatable bonds is 2. The van der Waals surface area contributed by atoms with E-state index in [-0.39, 0.29) is 5.56 Å². The molecule has 0 spiro atoms. The number of aromatic nitrogens is 1. The van der Waals surface area contributed by atoms with Gasteiger partial charge in [-0.1, -0.05) is 0 Å². The average molecular weight is 364 g/mol. The topological polar surface area (TPSA) is 22.1 Å². The van der Waals surface area contributed by atoms with Crippen LogP contribution in [0.25, 0.3) is 0 Å². The van der Waals surface area contributed by atoms with Gasteiger partial charge in [-0.3, -0.25) is 0 Å². The molecule has 0 aliphatic heterocycles. The summed E-state index contributed by atoms with van der Waals surface area (Å²) in [4.78, 5) is 3.74. The number of hydrogen-bond donors (Lipinski definition) is 0. The maximum atomic E-state index is 12.4. The summed E-state index contributed by atoms with van der Waals surface area (Å²) in [7, 11) is 1.42. The van der Waals surface area contributed by atoms with Gasteiger partial charge in [0.15, 0.2) is 5.75 Å².